The van der Waals surface area contributed by atoms with Gasteiger partial charge >= 0.3 is 5.97 Å². The van der Waals surface area contributed by atoms with Gasteiger partial charge in [-0.05, 0) is 36.6 Å². The molecular formula is C26H28N4O4S. The van der Waals surface area contributed by atoms with Crippen molar-refractivity contribution in [2.75, 3.05) is 18.8 Å². The minimum absolute atomic E-state index is 0.0218. The van der Waals surface area contributed by atoms with Crippen molar-refractivity contribution in [1.82, 2.24) is 20.0 Å². The summed E-state index contributed by atoms with van der Waals surface area (Å²) in [5.74, 6) is -0.177. The topological polar surface area (TPSA) is 107 Å². The Bertz CT molecular complexity index is 1290. The van der Waals surface area contributed by atoms with E-state index in [4.69, 9.17) is 0 Å². The van der Waals surface area contributed by atoms with Crippen LogP contribution in [0, 0.1) is 0 Å². The van der Waals surface area contributed by atoms with Crippen LogP contribution in [0.2, 0.25) is 0 Å². The number of H-pyrrole nitrogens is 1. The highest BCUT2D eigenvalue weighted by molar-refractivity contribution is 7.99. The Kier molecular flexibility index (Phi) is 6.27. The van der Waals surface area contributed by atoms with Crippen molar-refractivity contribution in [1.29, 1.82) is 0 Å². The quantitative estimate of drug-likeness (QED) is 0.497. The van der Waals surface area contributed by atoms with Crippen molar-refractivity contribution in [3.05, 3.63) is 59.8 Å². The van der Waals surface area contributed by atoms with Crippen LogP contribution < -0.4 is 0 Å². The van der Waals surface area contributed by atoms with Gasteiger partial charge in [0, 0.05) is 48.0 Å². The number of carboxylic acid groups (broad SMARTS) is 1. The number of benzene rings is 2. The fraction of sp³-hybridized carbons (Fsp3) is 0.385. The van der Waals surface area contributed by atoms with Crippen molar-refractivity contribution in [2.45, 2.75) is 49.1 Å². The van der Waals surface area contributed by atoms with Gasteiger partial charge < -0.3 is 14.9 Å². The predicted octanol–water partition coefficient (Wildman–Crippen LogP) is 3.64. The number of carbonyl (C=O) groups is 3. The zero-order valence-electron chi connectivity index (χ0n) is 19.6. The van der Waals surface area contributed by atoms with Crippen molar-refractivity contribution in [2.24, 2.45) is 0 Å². The molecular weight excluding hydrogens is 464 g/mol. The molecule has 2 aliphatic heterocycles. The minimum atomic E-state index is -0.962. The van der Waals surface area contributed by atoms with Crippen molar-refractivity contribution < 1.29 is 19.5 Å². The van der Waals surface area contributed by atoms with Gasteiger partial charge in [-0.25, -0.2) is 0 Å². The lowest BCUT2D eigenvalue weighted by Crippen LogP contribution is -2.68. The number of hydrogen-bond donors (Lipinski definition) is 2. The molecule has 3 aromatic rings. The normalized spacial score (nSPS) is 20.9. The molecule has 0 aliphatic carbocycles. The van der Waals surface area contributed by atoms with Crippen molar-refractivity contribution in [3.8, 4) is 0 Å². The van der Waals surface area contributed by atoms with Gasteiger partial charge in [-0.15, -0.1) is 11.8 Å². The first kappa shape index (κ1) is 23.4. The standard InChI is InChI=1S/C26H28N4O4S/c1-26(9-11-30(26)23(31)13-19-16-35-22-5-3-2-4-20(19)22)25(34)29(10-8-24(32)33)15-17-6-7-18-14-27-28-21(18)12-17/h2-7,12,14,19H,8-11,13,15-16H2,1H3,(H,27,28)(H,32,33). The molecule has 1 saturated heterocycles. The van der Waals surface area contributed by atoms with Crippen molar-refractivity contribution >= 4 is 40.4 Å². The molecule has 9 heteroatoms. The number of aromatic nitrogens is 2. The van der Waals surface area contributed by atoms with Crippen LogP contribution in [-0.2, 0) is 20.9 Å². The van der Waals surface area contributed by atoms with E-state index in [1.54, 1.807) is 34.7 Å². The Morgan fingerprint density at radius 2 is 2.09 bits per heavy atom. The van der Waals surface area contributed by atoms with Gasteiger partial charge in [-0.3, -0.25) is 19.5 Å². The summed E-state index contributed by atoms with van der Waals surface area (Å²) >= 11 is 1.77. The zero-order chi connectivity index (χ0) is 24.6. The van der Waals surface area contributed by atoms with Crippen LogP contribution in [0.5, 0.6) is 0 Å². The molecule has 2 amide bonds. The van der Waals surface area contributed by atoms with E-state index in [9.17, 15) is 19.5 Å². The van der Waals surface area contributed by atoms with Gasteiger partial charge in [0.1, 0.15) is 5.54 Å². The third kappa shape index (κ3) is 4.52. The van der Waals surface area contributed by atoms with Gasteiger partial charge in [-0.2, -0.15) is 5.10 Å². The van der Waals surface area contributed by atoms with E-state index in [0.29, 0.717) is 19.4 Å². The lowest BCUT2D eigenvalue weighted by molar-refractivity contribution is -0.165. The number of carbonyl (C=O) groups excluding carboxylic acids is 2. The number of thioether (sulfide) groups is 1. The molecule has 2 unspecified atom stereocenters. The molecule has 5 rings (SSSR count). The number of nitrogens with zero attached hydrogens (tertiary/aromatic N) is 3. The number of nitrogens with one attached hydrogen (secondary N) is 1. The summed E-state index contributed by atoms with van der Waals surface area (Å²) in [7, 11) is 0. The number of aromatic amines is 1. The van der Waals surface area contributed by atoms with Gasteiger partial charge in [0.15, 0.2) is 0 Å². The van der Waals surface area contributed by atoms with Crippen LogP contribution in [0.3, 0.4) is 0 Å². The lowest BCUT2D eigenvalue weighted by Gasteiger charge is -2.51. The maximum Gasteiger partial charge on any atom is 0.305 e. The smallest absolute Gasteiger partial charge is 0.305 e. The van der Waals surface area contributed by atoms with Crippen LogP contribution in [0.25, 0.3) is 10.9 Å². The average molecular weight is 493 g/mol. The first-order valence-corrected chi connectivity index (χ1v) is 12.8. The van der Waals surface area contributed by atoms with Crippen LogP contribution >= 0.6 is 11.8 Å². The van der Waals surface area contributed by atoms with Gasteiger partial charge in [0.25, 0.3) is 0 Å². The molecule has 35 heavy (non-hydrogen) atoms. The summed E-state index contributed by atoms with van der Waals surface area (Å²) in [4.78, 5) is 42.8. The summed E-state index contributed by atoms with van der Waals surface area (Å²) in [5.41, 5.74) is 1.98. The number of likely N-dealkylation sites (tertiary alicyclic amines) is 1. The maximum absolute atomic E-state index is 13.7. The van der Waals surface area contributed by atoms with Gasteiger partial charge in [-0.1, -0.05) is 30.3 Å². The van der Waals surface area contributed by atoms with E-state index in [1.165, 1.54) is 10.5 Å². The van der Waals surface area contributed by atoms with Crippen LogP contribution in [0.4, 0.5) is 0 Å². The SMILES string of the molecule is CC1(C(=O)N(CCC(=O)O)Cc2ccc3cn[nH]c3c2)CCN1C(=O)CC1CSc2ccccc21. The van der Waals surface area contributed by atoms with E-state index in [2.05, 4.69) is 22.3 Å². The maximum atomic E-state index is 13.7. The third-order valence-electron chi connectivity index (χ3n) is 7.16. The molecule has 1 aromatic heterocycles. The van der Waals surface area contributed by atoms with Crippen molar-refractivity contribution in [3.63, 3.8) is 0 Å². The molecule has 0 radical (unpaired) electrons. The number of rotatable bonds is 8. The Labute approximate surface area is 207 Å². The highest BCUT2D eigenvalue weighted by atomic mass is 32.2. The third-order valence-corrected chi connectivity index (χ3v) is 8.41. The Balaban J connectivity index is 1.32. The number of carboxylic acids is 1. The zero-order valence-corrected chi connectivity index (χ0v) is 20.4. The molecule has 1 fully saturated rings. The van der Waals surface area contributed by atoms with E-state index in [-0.39, 0.29) is 37.2 Å². The molecule has 0 spiro atoms. The van der Waals surface area contributed by atoms with Gasteiger partial charge in [0.2, 0.25) is 11.8 Å². The fourth-order valence-corrected chi connectivity index (χ4v) is 6.28. The number of amides is 2. The van der Waals surface area contributed by atoms with Gasteiger partial charge in [0.05, 0.1) is 18.1 Å². The van der Waals surface area contributed by atoms with Crippen LogP contribution in [-0.4, -0.2) is 67.3 Å². The molecule has 2 aliphatic rings. The number of fused-ring (bicyclic) bond motifs is 2. The first-order valence-electron chi connectivity index (χ1n) is 11.8. The second kappa shape index (κ2) is 9.37. The van der Waals surface area contributed by atoms with E-state index in [0.717, 1.165) is 22.2 Å². The number of aliphatic carboxylic acids is 1. The predicted molar refractivity (Wildman–Crippen MR) is 133 cm³/mol. The average Bonchev–Trinajstić information content (AvgIpc) is 3.46. The molecule has 0 bridgehead atoms. The lowest BCUT2D eigenvalue weighted by atomic mass is 9.83. The molecule has 0 saturated carbocycles. The fourth-order valence-electron chi connectivity index (χ4n) is 5.03. The molecule has 182 valence electrons. The first-order chi connectivity index (χ1) is 16.8. The molecule has 2 aromatic carbocycles. The van der Waals surface area contributed by atoms with Crippen LogP contribution in [0.15, 0.2) is 53.6 Å². The highest BCUT2D eigenvalue weighted by Gasteiger charge is 2.51. The van der Waals surface area contributed by atoms with E-state index >= 15 is 0 Å². The summed E-state index contributed by atoms with van der Waals surface area (Å²) < 4.78 is 0. The Hall–Kier alpha value is -3.33. The largest absolute Gasteiger partial charge is 0.481 e. The Morgan fingerprint density at radius 1 is 1.26 bits per heavy atom. The highest BCUT2D eigenvalue weighted by Crippen LogP contribution is 2.42. The molecule has 3 heterocycles. The molecule has 8 nitrogen and oxygen atoms in total. The van der Waals surface area contributed by atoms with Crippen LogP contribution in [0.1, 0.15) is 43.2 Å². The monoisotopic (exact) mass is 492 g/mol. The number of hydrogen-bond acceptors (Lipinski definition) is 5. The Morgan fingerprint density at radius 3 is 2.86 bits per heavy atom. The summed E-state index contributed by atoms with van der Waals surface area (Å²) in [6, 6.07) is 13.9. The second-order valence-corrected chi connectivity index (χ2v) is 10.5. The summed E-state index contributed by atoms with van der Waals surface area (Å²) in [6.45, 7) is 2.69. The summed E-state index contributed by atoms with van der Waals surface area (Å²) in [5, 5.41) is 17.2. The van der Waals surface area contributed by atoms with E-state index in [1.807, 2.05) is 30.3 Å². The minimum Gasteiger partial charge on any atom is -0.481 e. The summed E-state index contributed by atoms with van der Waals surface area (Å²) in [6.07, 6.45) is 2.51. The van der Waals surface area contributed by atoms with E-state index < -0.39 is 11.5 Å². The molecule has 2 atom stereocenters. The second-order valence-electron chi connectivity index (χ2n) is 9.48. The molecule has 2 N–H and O–H groups in total.